The topological polar surface area (TPSA) is 35.5 Å². The molecule has 0 amide bonds. The van der Waals surface area contributed by atoms with Gasteiger partial charge in [0.05, 0.1) is 18.1 Å². The normalized spacial score (nSPS) is 30.9. The molecular formula is C21H35N5. The first kappa shape index (κ1) is 18.2. The fourth-order valence-electron chi connectivity index (χ4n) is 5.56. The van der Waals surface area contributed by atoms with E-state index in [9.17, 15) is 0 Å². The van der Waals surface area contributed by atoms with Gasteiger partial charge in [-0.3, -0.25) is 9.88 Å². The lowest BCUT2D eigenvalue weighted by Gasteiger charge is -2.39. The molecule has 5 heteroatoms. The van der Waals surface area contributed by atoms with E-state index in [-0.39, 0.29) is 0 Å². The van der Waals surface area contributed by atoms with E-state index in [1.807, 2.05) is 19.3 Å². The van der Waals surface area contributed by atoms with Crippen LogP contribution < -0.4 is 4.90 Å². The minimum absolute atomic E-state index is 0.623. The lowest BCUT2D eigenvalue weighted by atomic mass is 9.97. The van der Waals surface area contributed by atoms with Gasteiger partial charge in [-0.1, -0.05) is 0 Å². The molecule has 4 rings (SSSR count). The molecule has 0 spiro atoms. The van der Waals surface area contributed by atoms with Crippen molar-refractivity contribution in [2.24, 2.45) is 11.8 Å². The Hall–Kier alpha value is -1.20. The van der Waals surface area contributed by atoms with E-state index in [4.69, 9.17) is 0 Å². The van der Waals surface area contributed by atoms with Gasteiger partial charge in [0.25, 0.3) is 0 Å². The summed E-state index contributed by atoms with van der Waals surface area (Å²) in [5.74, 6) is 2.71. The molecule has 3 heterocycles. The Bertz CT molecular complexity index is 593. The minimum Gasteiger partial charge on any atom is -0.355 e. The molecule has 5 nitrogen and oxygen atoms in total. The van der Waals surface area contributed by atoms with Crippen LogP contribution in [0.4, 0.5) is 5.82 Å². The van der Waals surface area contributed by atoms with Gasteiger partial charge in [0.15, 0.2) is 0 Å². The molecule has 0 N–H and O–H groups in total. The number of likely N-dealkylation sites (tertiary alicyclic amines) is 2. The zero-order chi connectivity index (χ0) is 18.3. The van der Waals surface area contributed by atoms with Crippen molar-refractivity contribution in [3.63, 3.8) is 0 Å². The van der Waals surface area contributed by atoms with Crippen LogP contribution in [0.3, 0.4) is 0 Å². The van der Waals surface area contributed by atoms with Crippen molar-refractivity contribution in [2.45, 2.75) is 64.6 Å². The van der Waals surface area contributed by atoms with E-state index in [1.165, 1.54) is 51.9 Å². The molecule has 0 aromatic carbocycles. The second-order valence-corrected chi connectivity index (χ2v) is 9.01. The molecule has 0 radical (unpaired) electrons. The maximum absolute atomic E-state index is 4.61. The maximum atomic E-state index is 4.61. The number of aromatic nitrogens is 2. The Kier molecular flexibility index (Phi) is 5.20. The lowest BCUT2D eigenvalue weighted by molar-refractivity contribution is 0.101. The average molecular weight is 358 g/mol. The molecule has 3 atom stereocenters. The Balaban J connectivity index is 1.37. The summed E-state index contributed by atoms with van der Waals surface area (Å²) in [6.45, 7) is 11.8. The van der Waals surface area contributed by atoms with Crippen LogP contribution in [0, 0.1) is 18.8 Å². The van der Waals surface area contributed by atoms with Gasteiger partial charge in [0, 0.05) is 38.3 Å². The standard InChI is InChI=1S/C21H35N5/c1-15(2)25-9-7-18(8-10-25)26-13-17-5-6-20(19(17)14-26)24(4)21-12-22-16(3)11-23-21/h11-12,15,17-20H,5-10,13-14H2,1-4H3/t17-,19+,20-/m1/s1. The first-order valence-electron chi connectivity index (χ1n) is 10.5. The first-order valence-corrected chi connectivity index (χ1v) is 10.5. The van der Waals surface area contributed by atoms with Gasteiger partial charge >= 0.3 is 0 Å². The van der Waals surface area contributed by atoms with Crippen molar-refractivity contribution in [1.29, 1.82) is 0 Å². The maximum Gasteiger partial charge on any atom is 0.147 e. The highest BCUT2D eigenvalue weighted by molar-refractivity contribution is 5.37. The number of hydrogen-bond acceptors (Lipinski definition) is 5. The summed E-state index contributed by atoms with van der Waals surface area (Å²) in [5.41, 5.74) is 0.992. The molecular weight excluding hydrogens is 322 g/mol. The van der Waals surface area contributed by atoms with E-state index in [2.05, 4.69) is 45.6 Å². The van der Waals surface area contributed by atoms with Crippen LogP contribution in [0.5, 0.6) is 0 Å². The Morgan fingerprint density at radius 1 is 1.04 bits per heavy atom. The molecule has 2 saturated heterocycles. The number of piperidine rings is 1. The third-order valence-electron chi connectivity index (χ3n) is 7.22. The third kappa shape index (κ3) is 3.48. The SMILES string of the molecule is Cc1cnc(N(C)[C@@H]2CC[C@@H]3CN(C4CCN(C(C)C)CC4)C[C@@H]32)cn1. The van der Waals surface area contributed by atoms with Gasteiger partial charge in [-0.15, -0.1) is 0 Å². The van der Waals surface area contributed by atoms with Crippen LogP contribution in [-0.4, -0.2) is 71.1 Å². The quantitative estimate of drug-likeness (QED) is 0.828. The van der Waals surface area contributed by atoms with Crippen LogP contribution in [0.25, 0.3) is 0 Å². The van der Waals surface area contributed by atoms with Crippen molar-refractivity contribution in [3.8, 4) is 0 Å². The van der Waals surface area contributed by atoms with E-state index >= 15 is 0 Å². The second-order valence-electron chi connectivity index (χ2n) is 9.01. The van der Waals surface area contributed by atoms with Crippen LogP contribution in [-0.2, 0) is 0 Å². The van der Waals surface area contributed by atoms with Gasteiger partial charge in [-0.2, -0.15) is 0 Å². The summed E-state index contributed by atoms with van der Waals surface area (Å²) in [4.78, 5) is 16.9. The van der Waals surface area contributed by atoms with Gasteiger partial charge in [0.1, 0.15) is 5.82 Å². The largest absolute Gasteiger partial charge is 0.355 e. The molecule has 0 unspecified atom stereocenters. The number of hydrogen-bond donors (Lipinski definition) is 0. The second kappa shape index (κ2) is 7.43. The summed E-state index contributed by atoms with van der Waals surface area (Å²) in [7, 11) is 2.22. The Morgan fingerprint density at radius 3 is 2.46 bits per heavy atom. The van der Waals surface area contributed by atoms with Crippen LogP contribution in [0.2, 0.25) is 0 Å². The molecule has 144 valence electrons. The van der Waals surface area contributed by atoms with Gasteiger partial charge in [-0.05, 0) is 71.4 Å². The smallest absolute Gasteiger partial charge is 0.147 e. The van der Waals surface area contributed by atoms with Crippen molar-refractivity contribution in [1.82, 2.24) is 19.8 Å². The molecule has 26 heavy (non-hydrogen) atoms. The van der Waals surface area contributed by atoms with Crippen molar-refractivity contribution in [3.05, 3.63) is 18.1 Å². The van der Waals surface area contributed by atoms with Crippen molar-refractivity contribution in [2.75, 3.05) is 38.1 Å². The fourth-order valence-corrected chi connectivity index (χ4v) is 5.56. The molecule has 1 aromatic heterocycles. The number of anilines is 1. The monoisotopic (exact) mass is 357 g/mol. The molecule has 1 aromatic rings. The molecule has 2 aliphatic heterocycles. The fraction of sp³-hybridized carbons (Fsp3) is 0.810. The minimum atomic E-state index is 0.623. The predicted octanol–water partition coefficient (Wildman–Crippen LogP) is 2.80. The zero-order valence-corrected chi connectivity index (χ0v) is 16.9. The van der Waals surface area contributed by atoms with Crippen molar-refractivity contribution >= 4 is 5.82 Å². The van der Waals surface area contributed by atoms with Crippen LogP contribution >= 0.6 is 0 Å². The molecule has 3 fully saturated rings. The zero-order valence-electron chi connectivity index (χ0n) is 16.9. The van der Waals surface area contributed by atoms with E-state index in [1.54, 1.807) is 0 Å². The summed E-state index contributed by atoms with van der Waals surface area (Å²) in [5, 5.41) is 0. The molecule has 1 saturated carbocycles. The highest BCUT2D eigenvalue weighted by Gasteiger charge is 2.46. The third-order valence-corrected chi connectivity index (χ3v) is 7.22. The Morgan fingerprint density at radius 2 is 1.81 bits per heavy atom. The number of rotatable bonds is 4. The predicted molar refractivity (Wildman–Crippen MR) is 106 cm³/mol. The highest BCUT2D eigenvalue weighted by atomic mass is 15.3. The number of nitrogens with zero attached hydrogens (tertiary/aromatic N) is 5. The molecule has 0 bridgehead atoms. The summed E-state index contributed by atoms with van der Waals surface area (Å²) >= 11 is 0. The summed E-state index contributed by atoms with van der Waals surface area (Å²) in [6, 6.07) is 2.13. The summed E-state index contributed by atoms with van der Waals surface area (Å²) in [6.07, 6.45) is 9.21. The molecule has 1 aliphatic carbocycles. The first-order chi connectivity index (χ1) is 12.5. The number of aryl methyl sites for hydroxylation is 1. The summed E-state index contributed by atoms with van der Waals surface area (Å²) < 4.78 is 0. The average Bonchev–Trinajstić information content (AvgIpc) is 3.22. The van der Waals surface area contributed by atoms with Crippen LogP contribution in [0.1, 0.15) is 45.2 Å². The van der Waals surface area contributed by atoms with Gasteiger partial charge in [-0.25, -0.2) is 4.98 Å². The van der Waals surface area contributed by atoms with Gasteiger partial charge < -0.3 is 9.80 Å². The molecule has 3 aliphatic rings. The van der Waals surface area contributed by atoms with E-state index < -0.39 is 0 Å². The number of fused-ring (bicyclic) bond motifs is 1. The van der Waals surface area contributed by atoms with Gasteiger partial charge in [0.2, 0.25) is 0 Å². The Labute approximate surface area is 158 Å². The van der Waals surface area contributed by atoms with E-state index in [0.717, 1.165) is 29.4 Å². The lowest BCUT2D eigenvalue weighted by Crippen LogP contribution is -2.47. The highest BCUT2D eigenvalue weighted by Crippen LogP contribution is 2.42. The van der Waals surface area contributed by atoms with Crippen molar-refractivity contribution < 1.29 is 0 Å². The van der Waals surface area contributed by atoms with Crippen LogP contribution in [0.15, 0.2) is 12.4 Å². The van der Waals surface area contributed by atoms with E-state index in [0.29, 0.717) is 12.1 Å².